The SMILES string of the molecule is Cc1c(NCc2ccccc2)c(C)c(NCc2ccccc2)c(C)c1NCc1ccccc1. The van der Waals surface area contributed by atoms with Crippen molar-refractivity contribution in [1.29, 1.82) is 0 Å². The summed E-state index contributed by atoms with van der Waals surface area (Å²) in [6, 6.07) is 31.7. The van der Waals surface area contributed by atoms with Crippen LogP contribution in [0.5, 0.6) is 0 Å². The second-order valence-corrected chi connectivity index (χ2v) is 8.52. The van der Waals surface area contributed by atoms with Crippen molar-refractivity contribution in [2.24, 2.45) is 0 Å². The smallest absolute Gasteiger partial charge is 0.0444 e. The highest BCUT2D eigenvalue weighted by molar-refractivity contribution is 5.82. The first-order valence-electron chi connectivity index (χ1n) is 11.6. The number of anilines is 3. The van der Waals surface area contributed by atoms with Crippen LogP contribution in [0.2, 0.25) is 0 Å². The fourth-order valence-corrected chi connectivity index (χ4v) is 4.37. The molecule has 0 aliphatic carbocycles. The summed E-state index contributed by atoms with van der Waals surface area (Å²) >= 11 is 0. The molecule has 0 amide bonds. The van der Waals surface area contributed by atoms with E-state index in [0.29, 0.717) is 0 Å². The molecule has 0 unspecified atom stereocenters. The van der Waals surface area contributed by atoms with Gasteiger partial charge in [-0.2, -0.15) is 0 Å². The van der Waals surface area contributed by atoms with Gasteiger partial charge in [-0.15, -0.1) is 0 Å². The molecule has 0 atom stereocenters. The van der Waals surface area contributed by atoms with Gasteiger partial charge in [0.05, 0.1) is 0 Å². The molecule has 0 aliphatic rings. The van der Waals surface area contributed by atoms with Crippen LogP contribution in [0.15, 0.2) is 91.0 Å². The first-order chi connectivity index (χ1) is 16.1. The molecule has 3 N–H and O–H groups in total. The van der Waals surface area contributed by atoms with Crippen LogP contribution < -0.4 is 16.0 Å². The minimum atomic E-state index is 0.793. The zero-order chi connectivity index (χ0) is 23.0. The molecule has 3 nitrogen and oxygen atoms in total. The highest BCUT2D eigenvalue weighted by Gasteiger charge is 2.17. The summed E-state index contributed by atoms with van der Waals surface area (Å²) in [5, 5.41) is 11.2. The fraction of sp³-hybridized carbons (Fsp3) is 0.200. The van der Waals surface area contributed by atoms with E-state index >= 15 is 0 Å². The van der Waals surface area contributed by atoms with Gasteiger partial charge in [-0.1, -0.05) is 91.0 Å². The fourth-order valence-electron chi connectivity index (χ4n) is 4.37. The Bertz CT molecular complexity index is 997. The average Bonchev–Trinajstić information content (AvgIpc) is 2.86. The number of hydrogen-bond acceptors (Lipinski definition) is 3. The van der Waals surface area contributed by atoms with E-state index < -0.39 is 0 Å². The average molecular weight is 436 g/mol. The Morgan fingerprint density at radius 3 is 0.879 bits per heavy atom. The van der Waals surface area contributed by atoms with E-state index in [1.54, 1.807) is 0 Å². The van der Waals surface area contributed by atoms with Crippen molar-refractivity contribution < 1.29 is 0 Å². The molecule has 0 spiro atoms. The summed E-state index contributed by atoms with van der Waals surface area (Å²) in [5.74, 6) is 0. The summed E-state index contributed by atoms with van der Waals surface area (Å²) in [7, 11) is 0. The van der Waals surface area contributed by atoms with E-state index in [9.17, 15) is 0 Å². The second-order valence-electron chi connectivity index (χ2n) is 8.52. The molecule has 0 radical (unpaired) electrons. The van der Waals surface area contributed by atoms with Gasteiger partial charge in [0.2, 0.25) is 0 Å². The van der Waals surface area contributed by atoms with Crippen molar-refractivity contribution in [3.05, 3.63) is 124 Å². The highest BCUT2D eigenvalue weighted by atomic mass is 14.9. The predicted molar refractivity (Wildman–Crippen MR) is 142 cm³/mol. The molecule has 3 heteroatoms. The molecule has 168 valence electrons. The molecule has 4 aromatic carbocycles. The van der Waals surface area contributed by atoms with E-state index in [1.807, 2.05) is 0 Å². The van der Waals surface area contributed by atoms with Crippen LogP contribution in [-0.4, -0.2) is 0 Å². The molecule has 0 heterocycles. The summed E-state index contributed by atoms with van der Waals surface area (Å²) in [6.45, 7) is 9.01. The first-order valence-corrected chi connectivity index (χ1v) is 11.6. The van der Waals surface area contributed by atoms with Gasteiger partial charge in [0, 0.05) is 36.7 Å². The molecule has 4 rings (SSSR count). The van der Waals surface area contributed by atoms with Crippen LogP contribution >= 0.6 is 0 Å². The van der Waals surface area contributed by atoms with Crippen molar-refractivity contribution in [3.8, 4) is 0 Å². The highest BCUT2D eigenvalue weighted by Crippen LogP contribution is 2.39. The third-order valence-corrected chi connectivity index (χ3v) is 6.19. The minimum absolute atomic E-state index is 0.793. The van der Waals surface area contributed by atoms with E-state index in [2.05, 4.69) is 128 Å². The maximum absolute atomic E-state index is 3.72. The Morgan fingerprint density at radius 1 is 0.394 bits per heavy atom. The number of benzene rings is 4. The van der Waals surface area contributed by atoms with Crippen molar-refractivity contribution in [1.82, 2.24) is 0 Å². The molecule has 0 saturated carbocycles. The second kappa shape index (κ2) is 10.7. The molecular weight excluding hydrogens is 402 g/mol. The largest absolute Gasteiger partial charge is 0.380 e. The molecule has 4 aromatic rings. The third kappa shape index (κ3) is 5.56. The maximum atomic E-state index is 3.72. The van der Waals surface area contributed by atoms with Crippen LogP contribution in [-0.2, 0) is 19.6 Å². The third-order valence-electron chi connectivity index (χ3n) is 6.19. The Morgan fingerprint density at radius 2 is 0.636 bits per heavy atom. The standard InChI is InChI=1S/C30H33N3/c1-22-28(31-19-25-13-7-4-8-14-25)23(2)30(33-21-27-17-11-6-12-18-27)24(3)29(22)32-20-26-15-9-5-10-16-26/h4-18,31-33H,19-21H2,1-3H3. The van der Waals surface area contributed by atoms with Gasteiger partial charge in [-0.3, -0.25) is 0 Å². The van der Waals surface area contributed by atoms with Crippen molar-refractivity contribution in [3.63, 3.8) is 0 Å². The lowest BCUT2D eigenvalue weighted by atomic mass is 9.98. The quantitative estimate of drug-likeness (QED) is 0.255. The van der Waals surface area contributed by atoms with Crippen LogP contribution in [0, 0.1) is 20.8 Å². The lowest BCUT2D eigenvalue weighted by Gasteiger charge is -2.25. The van der Waals surface area contributed by atoms with Gasteiger partial charge in [-0.05, 0) is 54.2 Å². The van der Waals surface area contributed by atoms with Gasteiger partial charge in [-0.25, -0.2) is 0 Å². The lowest BCUT2D eigenvalue weighted by molar-refractivity contribution is 1.08. The Balaban J connectivity index is 1.65. The Hall–Kier alpha value is -3.72. The van der Waals surface area contributed by atoms with Crippen molar-refractivity contribution in [2.45, 2.75) is 40.4 Å². The Kier molecular flexibility index (Phi) is 7.31. The predicted octanol–water partition coefficient (Wildman–Crippen LogP) is 7.45. The van der Waals surface area contributed by atoms with Crippen molar-refractivity contribution >= 4 is 17.1 Å². The molecule has 0 bridgehead atoms. The van der Waals surface area contributed by atoms with Gasteiger partial charge in [0.25, 0.3) is 0 Å². The first kappa shape index (κ1) is 22.5. The summed E-state index contributed by atoms with van der Waals surface area (Å²) in [6.07, 6.45) is 0. The summed E-state index contributed by atoms with van der Waals surface area (Å²) in [4.78, 5) is 0. The number of rotatable bonds is 9. The number of nitrogens with one attached hydrogen (secondary N) is 3. The van der Waals surface area contributed by atoms with Crippen LogP contribution in [0.3, 0.4) is 0 Å². The van der Waals surface area contributed by atoms with E-state index in [-0.39, 0.29) is 0 Å². The Labute approximate surface area is 197 Å². The summed E-state index contributed by atoms with van der Waals surface area (Å²) < 4.78 is 0. The lowest BCUT2D eigenvalue weighted by Crippen LogP contribution is -2.12. The van der Waals surface area contributed by atoms with E-state index in [4.69, 9.17) is 0 Å². The topological polar surface area (TPSA) is 36.1 Å². The molecule has 0 aliphatic heterocycles. The van der Waals surface area contributed by atoms with Crippen LogP contribution in [0.4, 0.5) is 17.1 Å². The maximum Gasteiger partial charge on any atom is 0.0444 e. The molecular formula is C30H33N3. The van der Waals surface area contributed by atoms with Gasteiger partial charge < -0.3 is 16.0 Å². The molecule has 33 heavy (non-hydrogen) atoms. The monoisotopic (exact) mass is 435 g/mol. The zero-order valence-corrected chi connectivity index (χ0v) is 19.8. The van der Waals surface area contributed by atoms with Crippen LogP contribution in [0.1, 0.15) is 33.4 Å². The van der Waals surface area contributed by atoms with Gasteiger partial charge >= 0.3 is 0 Å². The minimum Gasteiger partial charge on any atom is -0.380 e. The van der Waals surface area contributed by atoms with Crippen molar-refractivity contribution in [2.75, 3.05) is 16.0 Å². The van der Waals surface area contributed by atoms with Gasteiger partial charge in [0.1, 0.15) is 0 Å². The molecule has 0 aromatic heterocycles. The van der Waals surface area contributed by atoms with Gasteiger partial charge in [0.15, 0.2) is 0 Å². The molecule has 0 saturated heterocycles. The zero-order valence-electron chi connectivity index (χ0n) is 19.8. The van der Waals surface area contributed by atoms with E-state index in [1.165, 1.54) is 50.4 Å². The molecule has 0 fully saturated rings. The van der Waals surface area contributed by atoms with E-state index in [0.717, 1.165) is 19.6 Å². The summed E-state index contributed by atoms with van der Waals surface area (Å²) in [5.41, 5.74) is 11.1. The van der Waals surface area contributed by atoms with Crippen LogP contribution in [0.25, 0.3) is 0 Å². The number of hydrogen-bond donors (Lipinski definition) is 3. The normalized spacial score (nSPS) is 10.6.